The number of nitrogens with two attached hydrogens (primary N) is 1. The van der Waals surface area contributed by atoms with Crippen molar-refractivity contribution in [3.8, 4) is 0 Å². The summed E-state index contributed by atoms with van der Waals surface area (Å²) in [7, 11) is 0. The smallest absolute Gasteiger partial charge is 0.0228 e. The first kappa shape index (κ1) is 8.62. The van der Waals surface area contributed by atoms with Crippen LogP contribution in [0.2, 0.25) is 0 Å². The average Bonchev–Trinajstić information content (AvgIpc) is 2.05. The second-order valence-corrected chi connectivity index (χ2v) is 3.27. The molecule has 0 aliphatic rings. The van der Waals surface area contributed by atoms with Crippen molar-refractivity contribution in [1.29, 1.82) is 0 Å². The largest absolute Gasteiger partial charge is 0.274 e. The Morgan fingerprint density at radius 2 is 2.18 bits per heavy atom. The summed E-state index contributed by atoms with van der Waals surface area (Å²) in [6.07, 6.45) is 1.08. The molecule has 0 radical (unpaired) electrons. The lowest BCUT2D eigenvalue weighted by Gasteiger charge is -2.03. The number of rotatable bonds is 2. The molecule has 1 rings (SSSR count). The SMILES string of the molecule is CCc1cc(SN)ccc1C. The topological polar surface area (TPSA) is 26.0 Å². The van der Waals surface area contributed by atoms with Crippen LogP contribution in [0.5, 0.6) is 0 Å². The minimum atomic E-state index is 1.08. The van der Waals surface area contributed by atoms with Crippen LogP contribution in [0, 0.1) is 6.92 Å². The quantitative estimate of drug-likeness (QED) is 0.685. The molecule has 1 aromatic rings. The molecule has 0 aliphatic carbocycles. The third-order valence-electron chi connectivity index (χ3n) is 1.84. The summed E-state index contributed by atoms with van der Waals surface area (Å²) in [6, 6.07) is 6.33. The van der Waals surface area contributed by atoms with Crippen molar-refractivity contribution in [2.75, 3.05) is 0 Å². The number of benzene rings is 1. The third kappa shape index (κ3) is 1.98. The predicted octanol–water partition coefficient (Wildman–Crippen LogP) is 2.52. The third-order valence-corrected chi connectivity index (χ3v) is 2.36. The fourth-order valence-electron chi connectivity index (χ4n) is 1.10. The van der Waals surface area contributed by atoms with Crippen molar-refractivity contribution in [1.82, 2.24) is 0 Å². The molecule has 0 atom stereocenters. The van der Waals surface area contributed by atoms with Gasteiger partial charge < -0.3 is 0 Å². The van der Waals surface area contributed by atoms with Gasteiger partial charge in [0.15, 0.2) is 0 Å². The number of aryl methyl sites for hydroxylation is 2. The van der Waals surface area contributed by atoms with Gasteiger partial charge in [0.25, 0.3) is 0 Å². The maximum Gasteiger partial charge on any atom is 0.0228 e. The van der Waals surface area contributed by atoms with E-state index >= 15 is 0 Å². The molecule has 0 spiro atoms. The molecule has 2 N–H and O–H groups in total. The van der Waals surface area contributed by atoms with Crippen LogP contribution in [0.15, 0.2) is 23.1 Å². The van der Waals surface area contributed by atoms with Gasteiger partial charge in [-0.25, -0.2) is 0 Å². The summed E-state index contributed by atoms with van der Waals surface area (Å²) in [5.74, 6) is 0. The first-order chi connectivity index (χ1) is 5.27. The fraction of sp³-hybridized carbons (Fsp3) is 0.333. The average molecular weight is 167 g/mol. The molecule has 1 aromatic carbocycles. The molecule has 2 heteroatoms. The van der Waals surface area contributed by atoms with Crippen LogP contribution in [-0.4, -0.2) is 0 Å². The van der Waals surface area contributed by atoms with Crippen molar-refractivity contribution in [2.45, 2.75) is 25.2 Å². The first-order valence-corrected chi connectivity index (χ1v) is 4.62. The number of hydrogen-bond donors (Lipinski definition) is 1. The Morgan fingerprint density at radius 3 is 2.73 bits per heavy atom. The van der Waals surface area contributed by atoms with E-state index < -0.39 is 0 Å². The van der Waals surface area contributed by atoms with Gasteiger partial charge in [-0.05, 0) is 48.6 Å². The highest BCUT2D eigenvalue weighted by Gasteiger charge is 1.96. The van der Waals surface area contributed by atoms with E-state index in [0.717, 1.165) is 11.3 Å². The van der Waals surface area contributed by atoms with Crippen LogP contribution in [-0.2, 0) is 6.42 Å². The van der Waals surface area contributed by atoms with Crippen molar-refractivity contribution < 1.29 is 0 Å². The van der Waals surface area contributed by atoms with Crippen molar-refractivity contribution in [3.05, 3.63) is 29.3 Å². The summed E-state index contributed by atoms with van der Waals surface area (Å²) < 4.78 is 0. The second kappa shape index (κ2) is 3.79. The van der Waals surface area contributed by atoms with Crippen molar-refractivity contribution in [3.63, 3.8) is 0 Å². The van der Waals surface area contributed by atoms with Crippen molar-refractivity contribution >= 4 is 11.9 Å². The molecule has 60 valence electrons. The highest BCUT2D eigenvalue weighted by atomic mass is 32.2. The minimum absolute atomic E-state index is 1.08. The minimum Gasteiger partial charge on any atom is -0.274 e. The van der Waals surface area contributed by atoms with Gasteiger partial charge in [0.1, 0.15) is 0 Å². The molecular formula is C9H13NS. The molecule has 0 unspecified atom stereocenters. The van der Waals surface area contributed by atoms with Gasteiger partial charge >= 0.3 is 0 Å². The Balaban J connectivity index is 3.02. The van der Waals surface area contributed by atoms with Crippen LogP contribution in [0.1, 0.15) is 18.1 Å². The van der Waals surface area contributed by atoms with Crippen LogP contribution in [0.3, 0.4) is 0 Å². The normalized spacial score (nSPS) is 10.1. The van der Waals surface area contributed by atoms with Gasteiger partial charge in [0.2, 0.25) is 0 Å². The molecule has 0 aromatic heterocycles. The lowest BCUT2D eigenvalue weighted by molar-refractivity contribution is 1.09. The van der Waals surface area contributed by atoms with Gasteiger partial charge in [-0.15, -0.1) is 0 Å². The molecule has 11 heavy (non-hydrogen) atoms. The zero-order valence-electron chi connectivity index (χ0n) is 6.92. The van der Waals surface area contributed by atoms with E-state index in [1.165, 1.54) is 23.1 Å². The van der Waals surface area contributed by atoms with Crippen LogP contribution >= 0.6 is 11.9 Å². The van der Waals surface area contributed by atoms with E-state index in [9.17, 15) is 0 Å². The Hall–Kier alpha value is -0.470. The highest BCUT2D eigenvalue weighted by molar-refractivity contribution is 7.97. The maximum absolute atomic E-state index is 5.44. The molecule has 1 nitrogen and oxygen atoms in total. The summed E-state index contributed by atoms with van der Waals surface area (Å²) >= 11 is 1.31. The Kier molecular flexibility index (Phi) is 2.97. The van der Waals surface area contributed by atoms with Gasteiger partial charge in [-0.3, -0.25) is 5.14 Å². The standard InChI is InChI=1S/C9H13NS/c1-3-8-6-9(11-10)5-4-7(8)2/h4-6H,3,10H2,1-2H3. The van der Waals surface area contributed by atoms with Gasteiger partial charge in [0.05, 0.1) is 0 Å². The molecular weight excluding hydrogens is 154 g/mol. The molecule has 0 fully saturated rings. The van der Waals surface area contributed by atoms with Crippen LogP contribution < -0.4 is 5.14 Å². The van der Waals surface area contributed by atoms with Crippen LogP contribution in [0.25, 0.3) is 0 Å². The van der Waals surface area contributed by atoms with E-state index in [1.807, 2.05) is 0 Å². The summed E-state index contributed by atoms with van der Waals surface area (Å²) in [6.45, 7) is 4.29. The van der Waals surface area contributed by atoms with E-state index in [2.05, 4.69) is 32.0 Å². The highest BCUT2D eigenvalue weighted by Crippen LogP contribution is 2.17. The molecule has 0 bridgehead atoms. The van der Waals surface area contributed by atoms with Gasteiger partial charge in [-0.1, -0.05) is 13.0 Å². The second-order valence-electron chi connectivity index (χ2n) is 2.56. The Labute approximate surface area is 72.1 Å². The summed E-state index contributed by atoms with van der Waals surface area (Å²) in [4.78, 5) is 1.15. The maximum atomic E-state index is 5.44. The first-order valence-electron chi connectivity index (χ1n) is 3.74. The lowest BCUT2D eigenvalue weighted by atomic mass is 10.1. The van der Waals surface area contributed by atoms with Gasteiger partial charge in [-0.2, -0.15) is 0 Å². The Morgan fingerprint density at radius 1 is 1.45 bits per heavy atom. The van der Waals surface area contributed by atoms with Gasteiger partial charge in [0, 0.05) is 4.90 Å². The molecule has 0 aliphatic heterocycles. The molecule has 0 saturated carbocycles. The van der Waals surface area contributed by atoms with E-state index in [-0.39, 0.29) is 0 Å². The Bertz CT molecular complexity index is 245. The summed E-state index contributed by atoms with van der Waals surface area (Å²) in [5, 5.41) is 5.44. The molecule has 0 heterocycles. The lowest BCUT2D eigenvalue weighted by Crippen LogP contribution is -1.88. The molecule has 0 amide bonds. The van der Waals surface area contributed by atoms with Crippen molar-refractivity contribution in [2.24, 2.45) is 5.14 Å². The monoisotopic (exact) mass is 167 g/mol. The predicted molar refractivity (Wildman–Crippen MR) is 50.6 cm³/mol. The van der Waals surface area contributed by atoms with E-state index in [0.29, 0.717) is 0 Å². The van der Waals surface area contributed by atoms with E-state index in [4.69, 9.17) is 5.14 Å². The fourth-order valence-corrected chi connectivity index (χ4v) is 1.46. The summed E-state index contributed by atoms with van der Waals surface area (Å²) in [5.41, 5.74) is 2.74. The zero-order valence-corrected chi connectivity index (χ0v) is 7.74. The zero-order chi connectivity index (χ0) is 8.27. The van der Waals surface area contributed by atoms with Crippen LogP contribution in [0.4, 0.5) is 0 Å². The number of hydrogen-bond acceptors (Lipinski definition) is 2. The molecule has 0 saturated heterocycles. The van der Waals surface area contributed by atoms with E-state index in [1.54, 1.807) is 0 Å².